The summed E-state index contributed by atoms with van der Waals surface area (Å²) in [6.07, 6.45) is -0.905. The molecule has 12 nitrogen and oxygen atoms in total. The summed E-state index contributed by atoms with van der Waals surface area (Å²) in [4.78, 5) is 55.7. The van der Waals surface area contributed by atoms with Crippen LogP contribution in [0, 0.1) is 17.8 Å². The van der Waals surface area contributed by atoms with Gasteiger partial charge in [0.2, 0.25) is 11.8 Å². The van der Waals surface area contributed by atoms with E-state index in [2.05, 4.69) is 26.3 Å². The molecule has 51 heavy (non-hydrogen) atoms. The van der Waals surface area contributed by atoms with Gasteiger partial charge in [0.1, 0.15) is 12.1 Å². The van der Waals surface area contributed by atoms with E-state index in [0.717, 1.165) is 27.9 Å². The van der Waals surface area contributed by atoms with Gasteiger partial charge in [-0.2, -0.15) is 0 Å². The van der Waals surface area contributed by atoms with Crippen molar-refractivity contribution in [2.75, 3.05) is 7.11 Å². The highest BCUT2D eigenvalue weighted by atomic mass is 16.5. The van der Waals surface area contributed by atoms with Crippen molar-refractivity contribution < 1.29 is 34.1 Å². The third kappa shape index (κ3) is 12.7. The Morgan fingerprint density at radius 1 is 0.745 bits per heavy atom. The Morgan fingerprint density at radius 3 is 1.84 bits per heavy atom. The summed E-state index contributed by atoms with van der Waals surface area (Å²) < 4.78 is 4.76. The van der Waals surface area contributed by atoms with Gasteiger partial charge in [0, 0.05) is 17.8 Å². The molecule has 4 amide bonds. The van der Waals surface area contributed by atoms with Crippen LogP contribution in [0.15, 0.2) is 72.9 Å². The number of pyridine rings is 1. The number of hydrogen-bond donors (Lipinski definition) is 6. The van der Waals surface area contributed by atoms with Crippen molar-refractivity contribution >= 4 is 24.0 Å². The van der Waals surface area contributed by atoms with E-state index in [1.165, 1.54) is 7.11 Å². The van der Waals surface area contributed by atoms with Crippen LogP contribution in [-0.2, 0) is 27.2 Å². The third-order valence-corrected chi connectivity index (χ3v) is 8.58. The maximum Gasteiger partial charge on any atom is 0.407 e. The Labute approximate surface area is 300 Å². The molecular formula is C39H53N5O7. The lowest BCUT2D eigenvalue weighted by atomic mass is 9.85. The molecule has 1 aromatic heterocycles. The van der Waals surface area contributed by atoms with Crippen LogP contribution < -0.4 is 21.3 Å². The van der Waals surface area contributed by atoms with Crippen molar-refractivity contribution in [1.29, 1.82) is 0 Å². The van der Waals surface area contributed by atoms with Crippen molar-refractivity contribution in [3.05, 3.63) is 89.6 Å². The first-order chi connectivity index (χ1) is 23.9. The first-order valence-electron chi connectivity index (χ1n) is 17.1. The molecule has 5 unspecified atom stereocenters. The van der Waals surface area contributed by atoms with Gasteiger partial charge < -0.3 is 36.2 Å². The lowest BCUT2D eigenvalue weighted by Crippen LogP contribution is -2.58. The number of benzene rings is 2. The first kappa shape index (κ1) is 40.5. The molecule has 6 N–H and O–H groups in total. The number of aryl methyl sites for hydroxylation is 1. The molecule has 3 rings (SSSR count). The number of aromatic nitrogens is 1. The molecule has 1 heterocycles. The minimum Gasteiger partial charge on any atom is -0.465 e. The molecule has 0 bridgehead atoms. The monoisotopic (exact) mass is 703 g/mol. The Balaban J connectivity index is 1.95. The highest BCUT2D eigenvalue weighted by Gasteiger charge is 2.37. The van der Waals surface area contributed by atoms with Crippen LogP contribution in [0.2, 0.25) is 0 Å². The molecule has 0 aliphatic carbocycles. The van der Waals surface area contributed by atoms with Crippen molar-refractivity contribution in [3.63, 3.8) is 0 Å². The Bertz CT molecular complexity index is 1600. The van der Waals surface area contributed by atoms with Crippen molar-refractivity contribution in [2.45, 2.75) is 98.0 Å². The normalized spacial score (nSPS) is 14.6. The molecule has 0 saturated carbocycles. The number of ether oxygens (including phenoxy) is 1. The Hall–Kier alpha value is -4.97. The SMILES string of the molecule is COC(=O)NC(C(=O)NC(Cc1ccccc1)CC(O)C(Cc1ccc(-c2ccc(C)cn2)cc1)NC(=O)C(NC(=O)O)C(C)(C)C)C(C)(C)C. The molecule has 0 fully saturated rings. The lowest BCUT2D eigenvalue weighted by Gasteiger charge is -2.34. The molecule has 2 aromatic carbocycles. The summed E-state index contributed by atoms with van der Waals surface area (Å²) in [5.74, 6) is -1.05. The fourth-order valence-electron chi connectivity index (χ4n) is 5.74. The zero-order valence-electron chi connectivity index (χ0n) is 30.8. The van der Waals surface area contributed by atoms with Crippen LogP contribution in [0.5, 0.6) is 0 Å². The number of aliphatic hydroxyl groups excluding tert-OH is 1. The van der Waals surface area contributed by atoms with Crippen molar-refractivity contribution in [2.24, 2.45) is 10.8 Å². The van der Waals surface area contributed by atoms with Crippen molar-refractivity contribution in [1.82, 2.24) is 26.3 Å². The third-order valence-electron chi connectivity index (χ3n) is 8.58. The van der Waals surface area contributed by atoms with Gasteiger partial charge in [0.15, 0.2) is 0 Å². The van der Waals surface area contributed by atoms with Crippen molar-refractivity contribution in [3.8, 4) is 11.3 Å². The highest BCUT2D eigenvalue weighted by Crippen LogP contribution is 2.24. The fourth-order valence-corrected chi connectivity index (χ4v) is 5.74. The maximum absolute atomic E-state index is 13.7. The molecule has 0 spiro atoms. The summed E-state index contributed by atoms with van der Waals surface area (Å²) in [5, 5.41) is 32.3. The molecule has 0 saturated heterocycles. The number of amides is 4. The number of nitrogens with one attached hydrogen (secondary N) is 4. The second-order valence-corrected chi connectivity index (χ2v) is 15.1. The number of methoxy groups -OCH3 is 1. The summed E-state index contributed by atoms with van der Waals surface area (Å²) in [5.41, 5.74) is 3.01. The van der Waals surface area contributed by atoms with Crippen LogP contribution >= 0.6 is 0 Å². The van der Waals surface area contributed by atoms with Crippen LogP contribution in [0.4, 0.5) is 9.59 Å². The molecular weight excluding hydrogens is 650 g/mol. The van der Waals surface area contributed by atoms with Gasteiger partial charge in [0.25, 0.3) is 0 Å². The molecule has 0 aliphatic rings. The van der Waals surface area contributed by atoms with Crippen LogP contribution in [0.25, 0.3) is 11.3 Å². The quantitative estimate of drug-likeness (QED) is 0.136. The standard InChI is InChI=1S/C39H53N5O7/c1-24-14-19-29(40-23-24)27-17-15-26(16-18-27)21-30(42-35(47)32(38(2,3)4)43-36(48)49)31(45)22-28(20-25-12-10-9-11-13-25)41-34(46)33(39(5,6)7)44-37(50)51-8/h9-19,23,28,30-33,43,45H,20-22H2,1-8H3,(H,41,46)(H,42,47)(H,44,50)(H,48,49). The number of nitrogens with zero attached hydrogens (tertiary/aromatic N) is 1. The Morgan fingerprint density at radius 2 is 1.31 bits per heavy atom. The average molecular weight is 704 g/mol. The molecule has 276 valence electrons. The second kappa shape index (κ2) is 17.8. The van der Waals surface area contributed by atoms with E-state index < -0.39 is 65.1 Å². The number of rotatable bonds is 14. The summed E-state index contributed by atoms with van der Waals surface area (Å²) >= 11 is 0. The van der Waals surface area contributed by atoms with Gasteiger partial charge in [-0.15, -0.1) is 0 Å². The van der Waals surface area contributed by atoms with Gasteiger partial charge in [-0.05, 0) is 59.8 Å². The van der Waals surface area contributed by atoms with E-state index in [4.69, 9.17) is 4.74 Å². The van der Waals surface area contributed by atoms with E-state index in [-0.39, 0.29) is 12.8 Å². The van der Waals surface area contributed by atoms with E-state index >= 15 is 0 Å². The molecule has 5 atom stereocenters. The molecule has 0 radical (unpaired) electrons. The van der Waals surface area contributed by atoms with E-state index in [0.29, 0.717) is 6.42 Å². The lowest BCUT2D eigenvalue weighted by molar-refractivity contribution is -0.128. The van der Waals surface area contributed by atoms with Gasteiger partial charge in [0.05, 0.1) is 24.9 Å². The molecule has 12 heteroatoms. The van der Waals surface area contributed by atoms with Gasteiger partial charge >= 0.3 is 12.2 Å². The number of carboxylic acid groups (broad SMARTS) is 1. The first-order valence-corrected chi connectivity index (χ1v) is 17.1. The fraction of sp³-hybridized carbons (Fsp3) is 0.462. The summed E-state index contributed by atoms with van der Waals surface area (Å²) in [6, 6.07) is 17.4. The largest absolute Gasteiger partial charge is 0.465 e. The smallest absolute Gasteiger partial charge is 0.407 e. The number of alkyl carbamates (subject to hydrolysis) is 1. The number of aliphatic hydroxyl groups is 1. The van der Waals surface area contributed by atoms with E-state index in [1.807, 2.05) is 94.4 Å². The van der Waals surface area contributed by atoms with Crippen LogP contribution in [0.1, 0.15) is 64.7 Å². The number of carbonyl (C=O) groups is 4. The minimum atomic E-state index is -1.35. The Kier molecular flexibility index (Phi) is 14.1. The number of carbonyl (C=O) groups excluding carboxylic acids is 3. The number of hydrogen-bond acceptors (Lipinski definition) is 7. The van der Waals surface area contributed by atoms with E-state index in [1.54, 1.807) is 27.0 Å². The topological polar surface area (TPSA) is 179 Å². The zero-order chi connectivity index (χ0) is 37.9. The van der Waals surface area contributed by atoms with Gasteiger partial charge in [-0.3, -0.25) is 14.6 Å². The second-order valence-electron chi connectivity index (χ2n) is 15.1. The average Bonchev–Trinajstić information content (AvgIpc) is 3.05. The minimum absolute atomic E-state index is 0.0264. The molecule has 0 aliphatic heterocycles. The summed E-state index contributed by atoms with van der Waals surface area (Å²) in [7, 11) is 1.22. The van der Waals surface area contributed by atoms with Crippen LogP contribution in [0.3, 0.4) is 0 Å². The van der Waals surface area contributed by atoms with E-state index in [9.17, 15) is 29.4 Å². The summed E-state index contributed by atoms with van der Waals surface area (Å²) in [6.45, 7) is 12.7. The maximum atomic E-state index is 13.7. The van der Waals surface area contributed by atoms with Crippen LogP contribution in [-0.4, -0.2) is 76.6 Å². The van der Waals surface area contributed by atoms with Gasteiger partial charge in [-0.25, -0.2) is 9.59 Å². The highest BCUT2D eigenvalue weighted by molar-refractivity contribution is 5.87. The predicted molar refractivity (Wildman–Crippen MR) is 196 cm³/mol. The molecule has 3 aromatic rings. The van der Waals surface area contributed by atoms with Gasteiger partial charge in [-0.1, -0.05) is 102 Å². The zero-order valence-corrected chi connectivity index (χ0v) is 30.8. The predicted octanol–water partition coefficient (Wildman–Crippen LogP) is 5.02.